The van der Waals surface area contributed by atoms with E-state index in [1.807, 2.05) is 62.4 Å². The highest BCUT2D eigenvalue weighted by atomic mass is 16.2. The van der Waals surface area contributed by atoms with Gasteiger partial charge in [-0.05, 0) is 55.7 Å². The Bertz CT molecular complexity index is 738. The molecule has 0 unspecified atom stereocenters. The Morgan fingerprint density at radius 2 is 1.75 bits per heavy atom. The highest BCUT2D eigenvalue weighted by Crippen LogP contribution is 2.21. The normalized spacial score (nSPS) is 17.0. The van der Waals surface area contributed by atoms with Gasteiger partial charge in [0.25, 0.3) is 0 Å². The summed E-state index contributed by atoms with van der Waals surface area (Å²) in [5.41, 5.74) is 3.76. The number of amides is 3. The van der Waals surface area contributed by atoms with Crippen molar-refractivity contribution in [1.82, 2.24) is 5.32 Å². The quantitative estimate of drug-likeness (QED) is 0.911. The van der Waals surface area contributed by atoms with Crippen molar-refractivity contribution in [1.29, 1.82) is 0 Å². The lowest BCUT2D eigenvalue weighted by atomic mass is 10.1. The van der Waals surface area contributed by atoms with E-state index in [1.54, 1.807) is 4.90 Å². The predicted octanol–water partition coefficient (Wildman–Crippen LogP) is 3.23. The first-order valence-electron chi connectivity index (χ1n) is 8.05. The van der Waals surface area contributed by atoms with E-state index in [-0.39, 0.29) is 11.9 Å². The van der Waals surface area contributed by atoms with Gasteiger partial charge in [-0.1, -0.05) is 24.3 Å². The van der Waals surface area contributed by atoms with Gasteiger partial charge in [-0.2, -0.15) is 0 Å². The summed E-state index contributed by atoms with van der Waals surface area (Å²) in [6, 6.07) is 14.5. The second-order valence-electron chi connectivity index (χ2n) is 6.14. The molecule has 0 aromatic heterocycles. The zero-order chi connectivity index (χ0) is 17.1. The van der Waals surface area contributed by atoms with Gasteiger partial charge in [-0.15, -0.1) is 0 Å². The minimum Gasteiger partial charge on any atom is -0.326 e. The Kier molecular flexibility index (Phi) is 4.51. The van der Waals surface area contributed by atoms with Crippen LogP contribution in [-0.4, -0.2) is 24.5 Å². The molecule has 2 aromatic rings. The van der Waals surface area contributed by atoms with Gasteiger partial charge in [-0.3, -0.25) is 4.79 Å². The van der Waals surface area contributed by atoms with Gasteiger partial charge in [0.05, 0.1) is 0 Å². The average Bonchev–Trinajstić information content (AvgIpc) is 2.88. The molecule has 2 N–H and O–H groups in total. The zero-order valence-electron chi connectivity index (χ0n) is 13.9. The second-order valence-corrected chi connectivity index (χ2v) is 6.14. The molecule has 0 aliphatic carbocycles. The maximum atomic E-state index is 12.5. The Morgan fingerprint density at radius 1 is 1.08 bits per heavy atom. The molecule has 1 aliphatic heterocycles. The molecule has 2 aromatic carbocycles. The van der Waals surface area contributed by atoms with Crippen LogP contribution in [0.25, 0.3) is 0 Å². The summed E-state index contributed by atoms with van der Waals surface area (Å²) < 4.78 is 0. The SMILES string of the molecule is Cc1cc(C)cc(NC(=O)N[C@@H]2CCN(c3ccccc3)C2=O)c1. The van der Waals surface area contributed by atoms with Crippen molar-refractivity contribution in [2.75, 3.05) is 16.8 Å². The first kappa shape index (κ1) is 16.1. The van der Waals surface area contributed by atoms with Crippen LogP contribution in [0.2, 0.25) is 0 Å². The van der Waals surface area contributed by atoms with E-state index >= 15 is 0 Å². The van der Waals surface area contributed by atoms with E-state index in [2.05, 4.69) is 10.6 Å². The van der Waals surface area contributed by atoms with E-state index in [4.69, 9.17) is 0 Å². The molecule has 0 saturated carbocycles. The summed E-state index contributed by atoms with van der Waals surface area (Å²) in [6.45, 7) is 4.57. The number of nitrogens with zero attached hydrogens (tertiary/aromatic N) is 1. The van der Waals surface area contributed by atoms with Gasteiger partial charge in [0, 0.05) is 17.9 Å². The van der Waals surface area contributed by atoms with Crippen LogP contribution in [0.5, 0.6) is 0 Å². The molecule has 0 radical (unpaired) electrons. The fourth-order valence-electron chi connectivity index (χ4n) is 3.05. The lowest BCUT2D eigenvalue weighted by Crippen LogP contribution is -2.43. The number of urea groups is 1. The molecule has 3 rings (SSSR count). The molecule has 24 heavy (non-hydrogen) atoms. The summed E-state index contributed by atoms with van der Waals surface area (Å²) in [7, 11) is 0. The molecule has 0 bridgehead atoms. The van der Waals surface area contributed by atoms with Crippen molar-refractivity contribution in [2.45, 2.75) is 26.3 Å². The van der Waals surface area contributed by atoms with Crippen LogP contribution in [0.15, 0.2) is 48.5 Å². The second kappa shape index (κ2) is 6.74. The number of nitrogens with one attached hydrogen (secondary N) is 2. The van der Waals surface area contributed by atoms with Gasteiger partial charge in [0.15, 0.2) is 0 Å². The number of carbonyl (C=O) groups excluding carboxylic acids is 2. The standard InChI is InChI=1S/C19H21N3O2/c1-13-10-14(2)12-15(11-13)20-19(24)21-17-8-9-22(18(17)23)16-6-4-3-5-7-16/h3-7,10-12,17H,8-9H2,1-2H3,(H2,20,21,24)/t17-/m1/s1. The van der Waals surface area contributed by atoms with E-state index in [1.165, 1.54) is 0 Å². The molecular formula is C19H21N3O2. The number of benzene rings is 2. The largest absolute Gasteiger partial charge is 0.326 e. The zero-order valence-corrected chi connectivity index (χ0v) is 13.9. The van der Waals surface area contributed by atoms with Crippen LogP contribution in [0.3, 0.4) is 0 Å². The molecule has 3 amide bonds. The minimum atomic E-state index is -0.490. The number of hydrogen-bond acceptors (Lipinski definition) is 2. The van der Waals surface area contributed by atoms with Gasteiger partial charge in [0.1, 0.15) is 6.04 Å². The smallest absolute Gasteiger partial charge is 0.319 e. The van der Waals surface area contributed by atoms with Crippen LogP contribution in [0.4, 0.5) is 16.2 Å². The number of rotatable bonds is 3. The molecule has 1 aliphatic rings. The van der Waals surface area contributed by atoms with Crippen LogP contribution < -0.4 is 15.5 Å². The molecule has 1 saturated heterocycles. The van der Waals surface area contributed by atoms with Crippen LogP contribution in [0, 0.1) is 13.8 Å². The summed E-state index contributed by atoms with van der Waals surface area (Å²) in [6.07, 6.45) is 0.605. The van der Waals surface area contributed by atoms with E-state index < -0.39 is 6.04 Å². The highest BCUT2D eigenvalue weighted by Gasteiger charge is 2.33. The third-order valence-electron chi connectivity index (χ3n) is 4.06. The molecule has 1 heterocycles. The number of aryl methyl sites for hydroxylation is 2. The topological polar surface area (TPSA) is 61.4 Å². The van der Waals surface area contributed by atoms with Crippen LogP contribution in [-0.2, 0) is 4.79 Å². The number of hydrogen-bond donors (Lipinski definition) is 2. The molecule has 124 valence electrons. The Morgan fingerprint density at radius 3 is 2.42 bits per heavy atom. The lowest BCUT2D eigenvalue weighted by Gasteiger charge is -2.17. The van der Waals surface area contributed by atoms with E-state index in [0.717, 1.165) is 22.5 Å². The molecule has 1 fully saturated rings. The molecular weight excluding hydrogens is 302 g/mol. The van der Waals surface area contributed by atoms with Crippen molar-refractivity contribution < 1.29 is 9.59 Å². The van der Waals surface area contributed by atoms with Crippen LogP contribution in [0.1, 0.15) is 17.5 Å². The molecule has 5 nitrogen and oxygen atoms in total. The summed E-state index contributed by atoms with van der Waals surface area (Å²) >= 11 is 0. The van der Waals surface area contributed by atoms with Gasteiger partial charge in [0.2, 0.25) is 5.91 Å². The van der Waals surface area contributed by atoms with Crippen molar-refractivity contribution in [2.24, 2.45) is 0 Å². The van der Waals surface area contributed by atoms with E-state index in [9.17, 15) is 9.59 Å². The summed E-state index contributed by atoms with van der Waals surface area (Å²) in [5, 5.41) is 5.58. The highest BCUT2D eigenvalue weighted by molar-refractivity contribution is 6.02. The van der Waals surface area contributed by atoms with Gasteiger partial charge >= 0.3 is 6.03 Å². The van der Waals surface area contributed by atoms with Gasteiger partial charge < -0.3 is 15.5 Å². The number of para-hydroxylation sites is 1. The molecule has 0 spiro atoms. The molecule has 5 heteroatoms. The minimum absolute atomic E-state index is 0.0724. The van der Waals surface area contributed by atoms with Crippen molar-refractivity contribution >= 4 is 23.3 Å². The Labute approximate surface area is 141 Å². The Hall–Kier alpha value is -2.82. The third kappa shape index (κ3) is 3.56. The molecule has 1 atom stereocenters. The fraction of sp³-hybridized carbons (Fsp3) is 0.263. The monoisotopic (exact) mass is 323 g/mol. The maximum absolute atomic E-state index is 12.5. The van der Waals surface area contributed by atoms with Crippen molar-refractivity contribution in [3.8, 4) is 0 Å². The summed E-state index contributed by atoms with van der Waals surface area (Å²) in [5.74, 6) is -0.0724. The maximum Gasteiger partial charge on any atom is 0.319 e. The van der Waals surface area contributed by atoms with Crippen molar-refractivity contribution in [3.05, 3.63) is 59.7 Å². The fourth-order valence-corrected chi connectivity index (χ4v) is 3.05. The lowest BCUT2D eigenvalue weighted by molar-refractivity contribution is -0.118. The first-order chi connectivity index (χ1) is 11.5. The first-order valence-corrected chi connectivity index (χ1v) is 8.05. The third-order valence-corrected chi connectivity index (χ3v) is 4.06. The number of carbonyl (C=O) groups is 2. The van der Waals surface area contributed by atoms with Crippen LogP contribution >= 0.6 is 0 Å². The predicted molar refractivity (Wildman–Crippen MR) is 95.3 cm³/mol. The average molecular weight is 323 g/mol. The van der Waals surface area contributed by atoms with Crippen molar-refractivity contribution in [3.63, 3.8) is 0 Å². The summed E-state index contributed by atoms with van der Waals surface area (Å²) in [4.78, 5) is 26.4. The Balaban J connectivity index is 1.62. The number of anilines is 2. The van der Waals surface area contributed by atoms with E-state index in [0.29, 0.717) is 13.0 Å². The van der Waals surface area contributed by atoms with Gasteiger partial charge in [-0.25, -0.2) is 4.79 Å².